The number of unbranched alkanes of at least 4 members (excludes halogenated alkanes) is 1. The van der Waals surface area contributed by atoms with Gasteiger partial charge in [0.1, 0.15) is 16.9 Å². The van der Waals surface area contributed by atoms with Gasteiger partial charge in [-0.1, -0.05) is 13.3 Å². The molecule has 1 fully saturated rings. The Labute approximate surface area is 182 Å². The van der Waals surface area contributed by atoms with E-state index in [1.54, 1.807) is 17.0 Å². The minimum atomic E-state index is -0.547. The second-order valence-corrected chi connectivity index (χ2v) is 9.01. The smallest absolute Gasteiger partial charge is 0.410 e. The van der Waals surface area contributed by atoms with E-state index in [0.717, 1.165) is 30.2 Å². The minimum absolute atomic E-state index is 0.294. The van der Waals surface area contributed by atoms with Gasteiger partial charge in [0.05, 0.1) is 5.92 Å². The third-order valence-corrected chi connectivity index (χ3v) is 5.30. The van der Waals surface area contributed by atoms with Crippen LogP contribution in [0.2, 0.25) is 0 Å². The van der Waals surface area contributed by atoms with Crippen LogP contribution in [0.4, 0.5) is 4.79 Å². The summed E-state index contributed by atoms with van der Waals surface area (Å²) in [4.78, 5) is 38.3. The Morgan fingerprint density at radius 1 is 1.16 bits per heavy atom. The number of rotatable bonds is 5. The summed E-state index contributed by atoms with van der Waals surface area (Å²) >= 11 is 0. The molecule has 3 rings (SSSR count). The Morgan fingerprint density at radius 2 is 1.87 bits per heavy atom. The van der Waals surface area contributed by atoms with E-state index in [0.29, 0.717) is 37.3 Å². The second kappa shape index (κ2) is 9.54. The number of piperidine rings is 1. The van der Waals surface area contributed by atoms with Crippen molar-refractivity contribution in [3.8, 4) is 5.75 Å². The van der Waals surface area contributed by atoms with Crippen molar-refractivity contribution >= 4 is 23.0 Å². The molecule has 0 bridgehead atoms. The fourth-order valence-corrected chi connectivity index (χ4v) is 3.67. The maximum atomic E-state index is 12.6. The van der Waals surface area contributed by atoms with Crippen LogP contribution in [0.15, 0.2) is 33.5 Å². The largest absolute Gasteiger partial charge is 0.444 e. The quantitative estimate of drug-likeness (QED) is 0.389. The summed E-state index contributed by atoms with van der Waals surface area (Å²) in [6, 6.07) is 6.69. The molecular formula is C24H31NO6. The van der Waals surface area contributed by atoms with Crippen LogP contribution in [0.3, 0.4) is 0 Å². The first kappa shape index (κ1) is 22.8. The molecule has 0 spiro atoms. The lowest BCUT2D eigenvalue weighted by atomic mass is 9.97. The van der Waals surface area contributed by atoms with E-state index in [2.05, 4.69) is 6.92 Å². The van der Waals surface area contributed by atoms with Gasteiger partial charge in [0.15, 0.2) is 0 Å². The molecule has 0 aliphatic carbocycles. The molecule has 2 aromatic rings. The molecule has 7 heteroatoms. The van der Waals surface area contributed by atoms with Crippen molar-refractivity contribution in [3.63, 3.8) is 0 Å². The lowest BCUT2D eigenvalue weighted by molar-refractivity contribution is -0.140. The van der Waals surface area contributed by atoms with Crippen LogP contribution in [0.1, 0.15) is 58.9 Å². The molecule has 2 heterocycles. The van der Waals surface area contributed by atoms with Gasteiger partial charge in [0, 0.05) is 30.6 Å². The number of amides is 1. The Hall–Kier alpha value is -2.83. The molecule has 168 valence electrons. The highest BCUT2D eigenvalue weighted by molar-refractivity contribution is 5.83. The summed E-state index contributed by atoms with van der Waals surface area (Å²) in [6.07, 6.45) is 3.49. The molecule has 1 aliphatic rings. The topological polar surface area (TPSA) is 86.0 Å². The van der Waals surface area contributed by atoms with E-state index in [1.165, 1.54) is 6.07 Å². The van der Waals surface area contributed by atoms with Crippen LogP contribution in [0.5, 0.6) is 5.75 Å². The monoisotopic (exact) mass is 429 g/mol. The fraction of sp³-hybridized carbons (Fsp3) is 0.542. The number of carbonyl (C=O) groups is 2. The van der Waals surface area contributed by atoms with E-state index in [1.807, 2.05) is 26.8 Å². The number of likely N-dealkylation sites (tertiary alicyclic amines) is 1. The number of benzene rings is 1. The van der Waals surface area contributed by atoms with Gasteiger partial charge in [-0.05, 0) is 64.2 Å². The number of hydrogen-bond donors (Lipinski definition) is 0. The van der Waals surface area contributed by atoms with Crippen molar-refractivity contribution in [2.75, 3.05) is 13.1 Å². The van der Waals surface area contributed by atoms with Gasteiger partial charge in [-0.15, -0.1) is 0 Å². The van der Waals surface area contributed by atoms with Gasteiger partial charge < -0.3 is 18.8 Å². The maximum Gasteiger partial charge on any atom is 0.410 e. The van der Waals surface area contributed by atoms with Gasteiger partial charge >= 0.3 is 17.7 Å². The van der Waals surface area contributed by atoms with Crippen LogP contribution in [-0.2, 0) is 16.0 Å². The van der Waals surface area contributed by atoms with Crippen LogP contribution >= 0.6 is 0 Å². The molecule has 0 N–H and O–H groups in total. The molecular weight excluding hydrogens is 398 g/mol. The summed E-state index contributed by atoms with van der Waals surface area (Å²) in [5, 5.41) is 0.860. The molecule has 7 nitrogen and oxygen atoms in total. The third-order valence-electron chi connectivity index (χ3n) is 5.30. The number of aryl methyl sites for hydroxylation is 1. The molecule has 1 aliphatic heterocycles. The highest BCUT2D eigenvalue weighted by Crippen LogP contribution is 2.26. The van der Waals surface area contributed by atoms with Crippen LogP contribution < -0.4 is 10.4 Å². The second-order valence-electron chi connectivity index (χ2n) is 9.01. The molecule has 31 heavy (non-hydrogen) atoms. The van der Waals surface area contributed by atoms with Gasteiger partial charge in [-0.3, -0.25) is 4.79 Å². The summed E-state index contributed by atoms with van der Waals surface area (Å²) in [5.74, 6) is -0.284. The highest BCUT2D eigenvalue weighted by atomic mass is 16.6. The summed E-state index contributed by atoms with van der Waals surface area (Å²) in [6.45, 7) is 8.47. The standard InChI is InChI=1S/C24H31NO6/c1-5-6-7-17-14-21(26)30-20-15-18(8-9-19(17)20)29-22(27)16-10-12-25(13-11-16)23(28)31-24(2,3)4/h8-9,14-16H,5-7,10-13H2,1-4H3. The van der Waals surface area contributed by atoms with Crippen LogP contribution in [0.25, 0.3) is 11.0 Å². The third kappa shape index (κ3) is 6.09. The van der Waals surface area contributed by atoms with E-state index in [9.17, 15) is 14.4 Å². The van der Waals surface area contributed by atoms with E-state index in [-0.39, 0.29) is 18.0 Å². The van der Waals surface area contributed by atoms with Crippen molar-refractivity contribution in [2.24, 2.45) is 5.92 Å². The zero-order valence-electron chi connectivity index (χ0n) is 18.7. The molecule has 0 unspecified atom stereocenters. The summed E-state index contributed by atoms with van der Waals surface area (Å²) < 4.78 is 16.3. The highest BCUT2D eigenvalue weighted by Gasteiger charge is 2.31. The van der Waals surface area contributed by atoms with Crippen molar-refractivity contribution in [1.29, 1.82) is 0 Å². The number of ether oxygens (including phenoxy) is 2. The first-order valence-corrected chi connectivity index (χ1v) is 10.9. The van der Waals surface area contributed by atoms with E-state index in [4.69, 9.17) is 13.9 Å². The van der Waals surface area contributed by atoms with Crippen molar-refractivity contribution in [3.05, 3.63) is 40.2 Å². The Balaban J connectivity index is 1.63. The number of nitrogens with zero attached hydrogens (tertiary/aromatic N) is 1. The Kier molecular flexibility index (Phi) is 7.03. The summed E-state index contributed by atoms with van der Waals surface area (Å²) in [5.41, 5.74) is 0.412. The predicted octanol–water partition coefficient (Wildman–Crippen LogP) is 4.69. The number of fused-ring (bicyclic) bond motifs is 1. The number of esters is 1. The van der Waals surface area contributed by atoms with Crippen LogP contribution in [0, 0.1) is 5.92 Å². The first-order chi connectivity index (χ1) is 14.7. The lowest BCUT2D eigenvalue weighted by Gasteiger charge is -2.32. The molecule has 1 aromatic heterocycles. The molecule has 0 radical (unpaired) electrons. The Bertz CT molecular complexity index is 995. The predicted molar refractivity (Wildman–Crippen MR) is 117 cm³/mol. The minimum Gasteiger partial charge on any atom is -0.444 e. The van der Waals surface area contributed by atoms with Gasteiger partial charge in [-0.2, -0.15) is 0 Å². The van der Waals surface area contributed by atoms with Crippen LogP contribution in [-0.4, -0.2) is 35.7 Å². The zero-order chi connectivity index (χ0) is 22.6. The molecule has 1 amide bonds. The van der Waals surface area contributed by atoms with Crippen molar-refractivity contribution in [1.82, 2.24) is 4.90 Å². The van der Waals surface area contributed by atoms with Gasteiger partial charge in [0.25, 0.3) is 0 Å². The van der Waals surface area contributed by atoms with E-state index < -0.39 is 11.2 Å². The molecule has 1 aromatic carbocycles. The Morgan fingerprint density at radius 3 is 2.52 bits per heavy atom. The molecule has 1 saturated heterocycles. The summed E-state index contributed by atoms with van der Waals surface area (Å²) in [7, 11) is 0. The SMILES string of the molecule is CCCCc1cc(=O)oc2cc(OC(=O)C3CCN(C(=O)OC(C)(C)C)CC3)ccc12. The fourth-order valence-electron chi connectivity index (χ4n) is 3.67. The average molecular weight is 430 g/mol. The number of hydrogen-bond acceptors (Lipinski definition) is 6. The van der Waals surface area contributed by atoms with E-state index >= 15 is 0 Å². The molecule has 0 saturated carbocycles. The normalized spacial score (nSPS) is 15.2. The number of carbonyl (C=O) groups excluding carboxylic acids is 2. The average Bonchev–Trinajstić information content (AvgIpc) is 2.70. The van der Waals surface area contributed by atoms with Gasteiger partial charge in [-0.25, -0.2) is 9.59 Å². The molecule has 0 atom stereocenters. The van der Waals surface area contributed by atoms with Crippen molar-refractivity contribution < 1.29 is 23.5 Å². The maximum absolute atomic E-state index is 12.6. The first-order valence-electron chi connectivity index (χ1n) is 10.9. The van der Waals surface area contributed by atoms with Gasteiger partial charge in [0.2, 0.25) is 0 Å². The van der Waals surface area contributed by atoms with Crippen molar-refractivity contribution in [2.45, 2.75) is 65.4 Å². The zero-order valence-corrected chi connectivity index (χ0v) is 18.7. The lowest BCUT2D eigenvalue weighted by Crippen LogP contribution is -2.43.